The Morgan fingerprint density at radius 3 is 2.81 bits per heavy atom. The van der Waals surface area contributed by atoms with E-state index in [1.807, 2.05) is 35.0 Å². The lowest BCUT2D eigenvalue weighted by atomic mass is 9.93. The highest BCUT2D eigenvalue weighted by Gasteiger charge is 2.15. The molecule has 108 valence electrons. The van der Waals surface area contributed by atoms with Gasteiger partial charge in [-0.05, 0) is 72.0 Å². The van der Waals surface area contributed by atoms with Crippen LogP contribution >= 0.6 is 22.6 Å². The number of aryl methyl sites for hydroxylation is 2. The van der Waals surface area contributed by atoms with Gasteiger partial charge in [0, 0.05) is 20.9 Å². The molecule has 3 rings (SSSR count). The van der Waals surface area contributed by atoms with Gasteiger partial charge in [0.1, 0.15) is 0 Å². The van der Waals surface area contributed by atoms with Crippen LogP contribution in [0.25, 0.3) is 0 Å². The Labute approximate surface area is 138 Å². The van der Waals surface area contributed by atoms with Crippen LogP contribution in [0.4, 0.5) is 5.69 Å². The topological polar surface area (TPSA) is 33.0 Å². The number of benzene rings is 1. The summed E-state index contributed by atoms with van der Waals surface area (Å²) in [4.78, 5) is 12.1. The Kier molecular flexibility index (Phi) is 4.53. The van der Waals surface area contributed by atoms with Gasteiger partial charge in [0.25, 0.3) is 5.91 Å². The zero-order valence-corrected chi connectivity index (χ0v) is 14.0. The van der Waals surface area contributed by atoms with Gasteiger partial charge in [0.15, 0.2) is 12.4 Å². The number of rotatable bonds is 3. The molecule has 2 aromatic rings. The maximum atomic E-state index is 12.1. The van der Waals surface area contributed by atoms with Gasteiger partial charge in [-0.25, -0.2) is 0 Å². The summed E-state index contributed by atoms with van der Waals surface area (Å²) >= 11 is 2.24. The van der Waals surface area contributed by atoms with Crippen molar-refractivity contribution in [2.45, 2.75) is 32.2 Å². The molecule has 0 unspecified atom stereocenters. The lowest BCUT2D eigenvalue weighted by Gasteiger charge is -2.13. The van der Waals surface area contributed by atoms with Crippen LogP contribution in [0, 0.1) is 3.57 Å². The normalized spacial score (nSPS) is 13.6. The first kappa shape index (κ1) is 14.5. The molecule has 3 nitrogen and oxygen atoms in total. The summed E-state index contributed by atoms with van der Waals surface area (Å²) in [6.07, 6.45) is 8.98. The molecule has 1 aromatic heterocycles. The summed E-state index contributed by atoms with van der Waals surface area (Å²) in [5, 5.41) is 2.95. The number of pyridine rings is 1. The van der Waals surface area contributed by atoms with Crippen molar-refractivity contribution in [1.29, 1.82) is 0 Å². The Morgan fingerprint density at radius 2 is 2.00 bits per heavy atom. The van der Waals surface area contributed by atoms with Gasteiger partial charge >= 0.3 is 0 Å². The molecule has 1 aliphatic carbocycles. The summed E-state index contributed by atoms with van der Waals surface area (Å²) in [5.41, 5.74) is 3.69. The molecule has 1 aliphatic rings. The molecule has 1 heterocycles. The minimum atomic E-state index is 0.0118. The number of nitrogens with one attached hydrogen (secondary N) is 1. The number of nitrogens with zero attached hydrogens (tertiary/aromatic N) is 1. The smallest absolute Gasteiger partial charge is 0.290 e. The number of carbonyl (C=O) groups excluding carboxylic acids is 1. The van der Waals surface area contributed by atoms with Crippen LogP contribution in [-0.4, -0.2) is 5.91 Å². The fraction of sp³-hybridized carbons (Fsp3) is 0.294. The van der Waals surface area contributed by atoms with Gasteiger partial charge < -0.3 is 5.32 Å². The van der Waals surface area contributed by atoms with Gasteiger partial charge in [-0.3, -0.25) is 4.79 Å². The van der Waals surface area contributed by atoms with Crippen molar-refractivity contribution in [3.05, 3.63) is 57.4 Å². The van der Waals surface area contributed by atoms with E-state index in [2.05, 4.69) is 40.2 Å². The summed E-state index contributed by atoms with van der Waals surface area (Å²) in [6.45, 7) is 0.360. The third-order valence-corrected chi connectivity index (χ3v) is 4.45. The molecule has 4 heteroatoms. The number of hydrogen-bond acceptors (Lipinski definition) is 1. The first-order valence-electron chi connectivity index (χ1n) is 7.27. The molecule has 1 aromatic carbocycles. The summed E-state index contributed by atoms with van der Waals surface area (Å²) in [5.74, 6) is 0.0118. The van der Waals surface area contributed by atoms with Crippen LogP contribution in [0.3, 0.4) is 0 Å². The first-order chi connectivity index (χ1) is 10.2. The zero-order valence-electron chi connectivity index (χ0n) is 11.8. The highest BCUT2D eigenvalue weighted by atomic mass is 127. The Balaban J connectivity index is 1.67. The van der Waals surface area contributed by atoms with Crippen LogP contribution in [0.1, 0.15) is 24.0 Å². The maximum Gasteiger partial charge on any atom is 0.290 e. The predicted octanol–water partition coefficient (Wildman–Crippen LogP) is 3.10. The summed E-state index contributed by atoms with van der Waals surface area (Å²) in [7, 11) is 0. The Bertz CT molecular complexity index is 670. The standard InChI is InChI=1S/C17H17IN2O/c18-15-6-3-7-16(10-15)19-17(21)12-20-9-8-13-4-1-2-5-14(13)11-20/h3,6-11H,1-2,4-5,12H2/p+1. The maximum absolute atomic E-state index is 12.1. The summed E-state index contributed by atoms with van der Waals surface area (Å²) < 4.78 is 3.10. The van der Waals surface area contributed by atoms with E-state index in [0.717, 1.165) is 15.7 Å². The van der Waals surface area contributed by atoms with E-state index < -0.39 is 0 Å². The fourth-order valence-corrected chi connectivity index (χ4v) is 3.29. The predicted molar refractivity (Wildman–Crippen MR) is 91.1 cm³/mol. The number of aromatic nitrogens is 1. The number of amides is 1. The molecule has 1 amide bonds. The van der Waals surface area contributed by atoms with Crippen molar-refractivity contribution in [2.75, 3.05) is 5.32 Å². The molecule has 0 atom stereocenters. The van der Waals surface area contributed by atoms with E-state index in [4.69, 9.17) is 0 Å². The molecule has 0 fully saturated rings. The van der Waals surface area contributed by atoms with Crippen LogP contribution < -0.4 is 9.88 Å². The molecule has 0 spiro atoms. The van der Waals surface area contributed by atoms with Crippen LogP contribution in [0.2, 0.25) is 0 Å². The van der Waals surface area contributed by atoms with Crippen molar-refractivity contribution in [3.63, 3.8) is 0 Å². The van der Waals surface area contributed by atoms with Gasteiger partial charge in [0.05, 0.1) is 0 Å². The Hall–Kier alpha value is -1.43. The van der Waals surface area contributed by atoms with Gasteiger partial charge in [-0.15, -0.1) is 0 Å². The third kappa shape index (κ3) is 3.81. The van der Waals surface area contributed by atoms with Crippen LogP contribution in [-0.2, 0) is 24.2 Å². The van der Waals surface area contributed by atoms with E-state index in [1.165, 1.54) is 30.4 Å². The number of fused-ring (bicyclic) bond motifs is 1. The molecular weight excluding hydrogens is 375 g/mol. The number of anilines is 1. The highest BCUT2D eigenvalue weighted by molar-refractivity contribution is 14.1. The summed E-state index contributed by atoms with van der Waals surface area (Å²) in [6, 6.07) is 10.00. The number of hydrogen-bond donors (Lipinski definition) is 1. The van der Waals surface area contributed by atoms with Crippen molar-refractivity contribution in [2.24, 2.45) is 0 Å². The second kappa shape index (κ2) is 6.56. The second-order valence-corrected chi connectivity index (χ2v) is 6.68. The van der Waals surface area contributed by atoms with Gasteiger partial charge in [-0.1, -0.05) is 6.07 Å². The number of carbonyl (C=O) groups is 1. The SMILES string of the molecule is O=C(C[n+]1ccc2c(c1)CCCC2)Nc1cccc(I)c1. The van der Waals surface area contributed by atoms with Gasteiger partial charge in [-0.2, -0.15) is 4.57 Å². The quantitative estimate of drug-likeness (QED) is 0.631. The van der Waals surface area contributed by atoms with E-state index in [-0.39, 0.29) is 5.91 Å². The molecule has 1 N–H and O–H groups in total. The average molecular weight is 393 g/mol. The van der Waals surface area contributed by atoms with Crippen molar-refractivity contribution in [1.82, 2.24) is 0 Å². The van der Waals surface area contributed by atoms with Crippen LogP contribution in [0.15, 0.2) is 42.7 Å². The largest absolute Gasteiger partial charge is 0.321 e. The van der Waals surface area contributed by atoms with E-state index in [0.29, 0.717) is 6.54 Å². The molecule has 0 saturated heterocycles. The second-order valence-electron chi connectivity index (χ2n) is 5.43. The molecule has 0 saturated carbocycles. The monoisotopic (exact) mass is 393 g/mol. The van der Waals surface area contributed by atoms with E-state index in [1.54, 1.807) is 0 Å². The van der Waals surface area contributed by atoms with E-state index >= 15 is 0 Å². The van der Waals surface area contributed by atoms with Crippen molar-refractivity contribution in [3.8, 4) is 0 Å². The first-order valence-corrected chi connectivity index (χ1v) is 8.35. The van der Waals surface area contributed by atoms with Gasteiger partial charge in [0.2, 0.25) is 6.54 Å². The highest BCUT2D eigenvalue weighted by Crippen LogP contribution is 2.18. The zero-order chi connectivity index (χ0) is 14.7. The number of halogens is 1. The molecule has 0 aliphatic heterocycles. The molecular formula is C17H18IN2O+. The minimum Gasteiger partial charge on any atom is -0.321 e. The third-order valence-electron chi connectivity index (χ3n) is 3.78. The lowest BCUT2D eigenvalue weighted by molar-refractivity contribution is -0.684. The Morgan fingerprint density at radius 1 is 1.19 bits per heavy atom. The average Bonchev–Trinajstić information content (AvgIpc) is 2.47. The van der Waals surface area contributed by atoms with E-state index in [9.17, 15) is 4.79 Å². The minimum absolute atomic E-state index is 0.0118. The van der Waals surface area contributed by atoms with Crippen molar-refractivity contribution >= 4 is 34.2 Å². The molecule has 0 radical (unpaired) electrons. The molecule has 21 heavy (non-hydrogen) atoms. The fourth-order valence-electron chi connectivity index (χ4n) is 2.75. The molecule has 0 bridgehead atoms. The lowest BCUT2D eigenvalue weighted by Crippen LogP contribution is -2.40. The van der Waals surface area contributed by atoms with Crippen LogP contribution in [0.5, 0.6) is 0 Å². The van der Waals surface area contributed by atoms with Crippen molar-refractivity contribution < 1.29 is 9.36 Å².